The van der Waals surface area contributed by atoms with Gasteiger partial charge >= 0.3 is 5.97 Å². The molecule has 1 rings (SSSR count). The van der Waals surface area contributed by atoms with E-state index < -0.39 is 0 Å². The Balaban J connectivity index is 3.04. The van der Waals surface area contributed by atoms with Crippen LogP contribution in [0.15, 0.2) is 29.8 Å². The van der Waals surface area contributed by atoms with E-state index in [0.29, 0.717) is 11.1 Å². The van der Waals surface area contributed by atoms with Crippen molar-refractivity contribution in [3.8, 4) is 6.07 Å². The molecule has 0 aliphatic heterocycles. The van der Waals surface area contributed by atoms with Gasteiger partial charge in [0.15, 0.2) is 0 Å². The Kier molecular flexibility index (Phi) is 3.64. The first-order valence-corrected chi connectivity index (χ1v) is 4.44. The van der Waals surface area contributed by atoms with Crippen molar-refractivity contribution in [3.05, 3.63) is 41.0 Å². The number of carbonyl (C=O) groups is 1. The number of carbonyl (C=O) groups excluding carboxylic acids is 1. The summed E-state index contributed by atoms with van der Waals surface area (Å²) in [5.74, 6) is -0.375. The topological polar surface area (TPSA) is 50.1 Å². The highest BCUT2D eigenvalue weighted by Gasteiger charge is 2.04. The molecule has 0 heterocycles. The van der Waals surface area contributed by atoms with E-state index in [-0.39, 0.29) is 5.97 Å². The molecule has 0 bridgehead atoms. The molecule has 0 N–H and O–H groups in total. The minimum atomic E-state index is -0.375. The molecule has 0 amide bonds. The molecule has 0 aromatic heterocycles. The summed E-state index contributed by atoms with van der Waals surface area (Å²) < 4.78 is 4.60. The standard InChI is InChI=1S/C12H11NO2/c1-9(8-13)6-10-4-3-5-11(7-10)12(14)15-2/h3-7H,1-2H3/b9-6-. The number of benzene rings is 1. The summed E-state index contributed by atoms with van der Waals surface area (Å²) in [4.78, 5) is 11.2. The van der Waals surface area contributed by atoms with Gasteiger partial charge in [0.25, 0.3) is 0 Å². The highest BCUT2D eigenvalue weighted by Crippen LogP contribution is 2.10. The molecule has 0 spiro atoms. The summed E-state index contributed by atoms with van der Waals surface area (Å²) in [6, 6.07) is 8.96. The van der Waals surface area contributed by atoms with Gasteiger partial charge in [-0.2, -0.15) is 5.26 Å². The molecule has 0 fully saturated rings. The molecule has 0 aliphatic carbocycles. The van der Waals surface area contributed by atoms with Gasteiger partial charge in [-0.05, 0) is 30.7 Å². The van der Waals surface area contributed by atoms with Crippen molar-refractivity contribution in [2.24, 2.45) is 0 Å². The van der Waals surface area contributed by atoms with Gasteiger partial charge in [-0.1, -0.05) is 12.1 Å². The van der Waals surface area contributed by atoms with Crippen LogP contribution in [0.3, 0.4) is 0 Å². The van der Waals surface area contributed by atoms with E-state index >= 15 is 0 Å². The quantitative estimate of drug-likeness (QED) is 0.545. The Morgan fingerprint density at radius 3 is 2.87 bits per heavy atom. The van der Waals surface area contributed by atoms with Crippen LogP contribution in [0.2, 0.25) is 0 Å². The lowest BCUT2D eigenvalue weighted by Gasteiger charge is -2.00. The first-order chi connectivity index (χ1) is 7.17. The second kappa shape index (κ2) is 4.97. The number of allylic oxidation sites excluding steroid dienone is 1. The van der Waals surface area contributed by atoms with Crippen LogP contribution in [0, 0.1) is 11.3 Å². The maximum atomic E-state index is 11.2. The lowest BCUT2D eigenvalue weighted by Crippen LogP contribution is -2.00. The van der Waals surface area contributed by atoms with E-state index in [1.54, 1.807) is 31.2 Å². The third-order valence-corrected chi connectivity index (χ3v) is 1.87. The Hall–Kier alpha value is -2.08. The molecule has 3 heteroatoms. The van der Waals surface area contributed by atoms with Gasteiger partial charge in [0, 0.05) is 5.57 Å². The van der Waals surface area contributed by atoms with E-state index in [1.165, 1.54) is 7.11 Å². The molecule has 0 aliphatic rings. The summed E-state index contributed by atoms with van der Waals surface area (Å²) in [6.07, 6.45) is 1.71. The first kappa shape index (κ1) is 11.0. The number of rotatable bonds is 2. The summed E-state index contributed by atoms with van der Waals surface area (Å²) in [7, 11) is 1.34. The molecule has 1 aromatic carbocycles. The van der Waals surface area contributed by atoms with Crippen LogP contribution in [0.25, 0.3) is 6.08 Å². The molecule has 3 nitrogen and oxygen atoms in total. The second-order valence-electron chi connectivity index (χ2n) is 3.06. The van der Waals surface area contributed by atoms with Crippen LogP contribution in [0.4, 0.5) is 0 Å². The van der Waals surface area contributed by atoms with Gasteiger partial charge in [-0.15, -0.1) is 0 Å². The van der Waals surface area contributed by atoms with Crippen molar-refractivity contribution in [2.75, 3.05) is 7.11 Å². The molecule has 0 saturated carbocycles. The summed E-state index contributed by atoms with van der Waals surface area (Å²) in [5.41, 5.74) is 1.89. The molecule has 0 atom stereocenters. The third-order valence-electron chi connectivity index (χ3n) is 1.87. The third kappa shape index (κ3) is 2.96. The average molecular weight is 201 g/mol. The Bertz CT molecular complexity index is 441. The van der Waals surface area contributed by atoms with Crippen molar-refractivity contribution < 1.29 is 9.53 Å². The van der Waals surface area contributed by atoms with Crippen LogP contribution in [-0.2, 0) is 4.74 Å². The number of nitriles is 1. The van der Waals surface area contributed by atoms with E-state index in [0.717, 1.165) is 5.56 Å². The highest BCUT2D eigenvalue weighted by atomic mass is 16.5. The van der Waals surface area contributed by atoms with Crippen molar-refractivity contribution in [1.82, 2.24) is 0 Å². The summed E-state index contributed by atoms with van der Waals surface area (Å²) in [5, 5.41) is 8.61. The first-order valence-electron chi connectivity index (χ1n) is 4.44. The van der Waals surface area contributed by atoms with Crippen LogP contribution >= 0.6 is 0 Å². The smallest absolute Gasteiger partial charge is 0.337 e. The van der Waals surface area contributed by atoms with E-state index in [2.05, 4.69) is 4.74 Å². The van der Waals surface area contributed by atoms with Gasteiger partial charge in [0.1, 0.15) is 0 Å². The zero-order valence-electron chi connectivity index (χ0n) is 8.65. The number of esters is 1. The largest absolute Gasteiger partial charge is 0.465 e. The molecule has 76 valence electrons. The van der Waals surface area contributed by atoms with Gasteiger partial charge < -0.3 is 4.74 Å². The number of hydrogen-bond donors (Lipinski definition) is 0. The normalized spacial score (nSPS) is 10.6. The summed E-state index contributed by atoms with van der Waals surface area (Å²) >= 11 is 0. The fraction of sp³-hybridized carbons (Fsp3) is 0.167. The molecule has 15 heavy (non-hydrogen) atoms. The highest BCUT2D eigenvalue weighted by molar-refractivity contribution is 5.90. The molecular weight excluding hydrogens is 190 g/mol. The fourth-order valence-corrected chi connectivity index (χ4v) is 1.16. The van der Waals surface area contributed by atoms with Crippen LogP contribution < -0.4 is 0 Å². The lowest BCUT2D eigenvalue weighted by atomic mass is 10.1. The maximum Gasteiger partial charge on any atom is 0.337 e. The zero-order chi connectivity index (χ0) is 11.3. The van der Waals surface area contributed by atoms with Gasteiger partial charge in [0.05, 0.1) is 18.7 Å². The van der Waals surface area contributed by atoms with E-state index in [1.807, 2.05) is 12.1 Å². The molecule has 1 aromatic rings. The minimum Gasteiger partial charge on any atom is -0.465 e. The molecule has 0 unspecified atom stereocenters. The van der Waals surface area contributed by atoms with Crippen molar-refractivity contribution in [3.63, 3.8) is 0 Å². The monoisotopic (exact) mass is 201 g/mol. The van der Waals surface area contributed by atoms with Crippen LogP contribution in [0.5, 0.6) is 0 Å². The Morgan fingerprint density at radius 2 is 2.27 bits per heavy atom. The molecular formula is C12H11NO2. The van der Waals surface area contributed by atoms with Gasteiger partial charge in [-0.25, -0.2) is 4.79 Å². The van der Waals surface area contributed by atoms with Crippen molar-refractivity contribution >= 4 is 12.0 Å². The maximum absolute atomic E-state index is 11.2. The van der Waals surface area contributed by atoms with Crippen LogP contribution in [0.1, 0.15) is 22.8 Å². The Labute approximate surface area is 88.6 Å². The van der Waals surface area contributed by atoms with Gasteiger partial charge in [0.2, 0.25) is 0 Å². The SMILES string of the molecule is COC(=O)c1cccc(/C=C(/C)C#N)c1. The lowest BCUT2D eigenvalue weighted by molar-refractivity contribution is 0.0600. The minimum absolute atomic E-state index is 0.375. The number of hydrogen-bond acceptors (Lipinski definition) is 3. The van der Waals surface area contributed by atoms with Crippen LogP contribution in [-0.4, -0.2) is 13.1 Å². The van der Waals surface area contributed by atoms with Gasteiger partial charge in [-0.3, -0.25) is 0 Å². The predicted octanol–water partition coefficient (Wildman–Crippen LogP) is 2.40. The summed E-state index contributed by atoms with van der Waals surface area (Å²) in [6.45, 7) is 1.71. The average Bonchev–Trinajstić information content (AvgIpc) is 2.28. The van der Waals surface area contributed by atoms with E-state index in [4.69, 9.17) is 5.26 Å². The fourth-order valence-electron chi connectivity index (χ4n) is 1.16. The number of methoxy groups -OCH3 is 1. The Morgan fingerprint density at radius 1 is 1.53 bits per heavy atom. The molecule has 0 saturated heterocycles. The second-order valence-corrected chi connectivity index (χ2v) is 3.06. The van der Waals surface area contributed by atoms with Crippen molar-refractivity contribution in [1.29, 1.82) is 5.26 Å². The number of nitrogens with zero attached hydrogens (tertiary/aromatic N) is 1. The van der Waals surface area contributed by atoms with Crippen molar-refractivity contribution in [2.45, 2.75) is 6.92 Å². The zero-order valence-corrected chi connectivity index (χ0v) is 8.65. The predicted molar refractivity (Wildman–Crippen MR) is 57.0 cm³/mol. The van der Waals surface area contributed by atoms with E-state index in [9.17, 15) is 4.79 Å². The molecule has 0 radical (unpaired) electrons. The number of ether oxygens (including phenoxy) is 1.